The van der Waals surface area contributed by atoms with Crippen molar-refractivity contribution < 1.29 is 29.0 Å². The molecule has 1 aliphatic carbocycles. The van der Waals surface area contributed by atoms with E-state index in [0.717, 1.165) is 17.7 Å². The van der Waals surface area contributed by atoms with E-state index in [0.29, 0.717) is 19.5 Å². The average molecular weight is 353 g/mol. The molecule has 25 heavy (non-hydrogen) atoms. The van der Waals surface area contributed by atoms with Gasteiger partial charge in [0.05, 0.1) is 7.11 Å². The van der Waals surface area contributed by atoms with E-state index in [4.69, 9.17) is 4.74 Å². The Morgan fingerprint density at radius 3 is 2.84 bits per heavy atom. The topological polar surface area (TPSA) is 125 Å². The van der Waals surface area contributed by atoms with Gasteiger partial charge in [0.1, 0.15) is 12.1 Å². The Kier molecular flexibility index (Phi) is 4.82. The number of likely N-dealkylation sites (tertiary alicyclic amines) is 1. The van der Waals surface area contributed by atoms with Crippen LogP contribution in [-0.2, 0) is 19.1 Å². The molecule has 0 spiro atoms. The Bertz CT molecular complexity index is 594. The van der Waals surface area contributed by atoms with Crippen molar-refractivity contribution in [1.82, 2.24) is 15.5 Å². The number of piperidine rings is 2. The highest BCUT2D eigenvalue weighted by Crippen LogP contribution is 2.49. The number of hydrogen-bond donors (Lipinski definition) is 3. The van der Waals surface area contributed by atoms with Crippen LogP contribution in [0.3, 0.4) is 0 Å². The van der Waals surface area contributed by atoms with Gasteiger partial charge in [0.25, 0.3) is 0 Å². The molecule has 0 radical (unpaired) electrons. The van der Waals surface area contributed by atoms with Crippen LogP contribution in [0.25, 0.3) is 0 Å². The maximum absolute atomic E-state index is 12.6. The van der Waals surface area contributed by atoms with E-state index >= 15 is 0 Å². The largest absolute Gasteiger partial charge is 0.467 e. The first-order valence-electron chi connectivity index (χ1n) is 8.57. The molecular formula is C16H23N3O6. The molecule has 138 valence electrons. The van der Waals surface area contributed by atoms with Crippen LogP contribution >= 0.6 is 0 Å². The number of esters is 1. The van der Waals surface area contributed by atoms with Crippen molar-refractivity contribution in [3.05, 3.63) is 0 Å². The van der Waals surface area contributed by atoms with Gasteiger partial charge in [-0.25, -0.2) is 9.59 Å². The van der Waals surface area contributed by atoms with Crippen LogP contribution in [0.4, 0.5) is 4.79 Å². The first kappa shape index (κ1) is 17.5. The summed E-state index contributed by atoms with van der Waals surface area (Å²) in [6, 6.07) is -1.73. The second kappa shape index (κ2) is 6.89. The van der Waals surface area contributed by atoms with E-state index < -0.39 is 30.1 Å². The highest BCUT2D eigenvalue weighted by atomic mass is 16.5. The molecule has 9 nitrogen and oxygen atoms in total. The average Bonchev–Trinajstić information content (AvgIpc) is 3.24. The molecular weight excluding hydrogens is 330 g/mol. The second-order valence-electron chi connectivity index (χ2n) is 6.99. The number of carbonyl (C=O) groups is 4. The summed E-state index contributed by atoms with van der Waals surface area (Å²) in [4.78, 5) is 49.1. The summed E-state index contributed by atoms with van der Waals surface area (Å²) in [6.45, 7) is 0.968. The van der Waals surface area contributed by atoms with Crippen molar-refractivity contribution in [2.45, 2.75) is 37.8 Å². The van der Waals surface area contributed by atoms with Crippen LogP contribution in [0.2, 0.25) is 0 Å². The standard InChI is InChI=1S/C16H23N3O6/c1-25-15(22)11(6-8-3-2-4-17-13(8)20)18-14(21)12-10-5-9(10)7-19(12)16(23)24/h8-12H,2-7H2,1H3,(H,17,20)(H,18,21)(H,23,24)/t8-,9-,10-,11-,12-/m0/s1. The van der Waals surface area contributed by atoms with Crippen LogP contribution < -0.4 is 10.6 Å². The summed E-state index contributed by atoms with van der Waals surface area (Å²) < 4.78 is 4.75. The number of rotatable bonds is 5. The Labute approximate surface area is 145 Å². The molecule has 3 N–H and O–H groups in total. The van der Waals surface area contributed by atoms with Gasteiger partial charge in [-0.2, -0.15) is 0 Å². The molecule has 0 unspecified atom stereocenters. The molecule has 0 bridgehead atoms. The summed E-state index contributed by atoms with van der Waals surface area (Å²) in [7, 11) is 1.22. The van der Waals surface area contributed by atoms with Crippen LogP contribution in [0.15, 0.2) is 0 Å². The van der Waals surface area contributed by atoms with Crippen molar-refractivity contribution in [3.63, 3.8) is 0 Å². The van der Waals surface area contributed by atoms with Crippen molar-refractivity contribution >= 4 is 23.9 Å². The molecule has 3 rings (SSSR count). The third kappa shape index (κ3) is 3.54. The summed E-state index contributed by atoms with van der Waals surface area (Å²) in [5.41, 5.74) is 0. The fourth-order valence-corrected chi connectivity index (χ4v) is 3.96. The predicted molar refractivity (Wildman–Crippen MR) is 84.4 cm³/mol. The Morgan fingerprint density at radius 1 is 1.44 bits per heavy atom. The second-order valence-corrected chi connectivity index (χ2v) is 6.99. The molecule has 2 saturated heterocycles. The van der Waals surface area contributed by atoms with E-state index in [-0.39, 0.29) is 30.1 Å². The first-order chi connectivity index (χ1) is 11.9. The normalized spacial score (nSPS) is 31.6. The molecule has 0 aromatic heterocycles. The van der Waals surface area contributed by atoms with E-state index in [1.54, 1.807) is 0 Å². The number of nitrogens with one attached hydrogen (secondary N) is 2. The summed E-state index contributed by atoms with van der Waals surface area (Å²) in [6.07, 6.45) is 1.31. The fourth-order valence-electron chi connectivity index (χ4n) is 3.96. The van der Waals surface area contributed by atoms with E-state index in [9.17, 15) is 24.3 Å². The van der Waals surface area contributed by atoms with Crippen molar-refractivity contribution in [1.29, 1.82) is 0 Å². The third-order valence-electron chi connectivity index (χ3n) is 5.39. The number of fused-ring (bicyclic) bond motifs is 1. The zero-order chi connectivity index (χ0) is 18.1. The van der Waals surface area contributed by atoms with Gasteiger partial charge in [0.15, 0.2) is 0 Å². The lowest BCUT2D eigenvalue weighted by molar-refractivity contribution is -0.146. The molecule has 0 aromatic carbocycles. The van der Waals surface area contributed by atoms with Crippen LogP contribution in [0.1, 0.15) is 25.7 Å². The molecule has 2 aliphatic heterocycles. The number of amides is 3. The van der Waals surface area contributed by atoms with Gasteiger partial charge in [0.2, 0.25) is 11.8 Å². The van der Waals surface area contributed by atoms with Gasteiger partial charge >= 0.3 is 12.1 Å². The van der Waals surface area contributed by atoms with Gasteiger partial charge in [-0.3, -0.25) is 14.5 Å². The number of nitrogens with zero attached hydrogens (tertiary/aromatic N) is 1. The molecule has 1 saturated carbocycles. The lowest BCUT2D eigenvalue weighted by atomic mass is 9.91. The highest BCUT2D eigenvalue weighted by molar-refractivity contribution is 5.91. The zero-order valence-corrected chi connectivity index (χ0v) is 14.1. The van der Waals surface area contributed by atoms with Crippen molar-refractivity contribution in [2.75, 3.05) is 20.2 Å². The number of methoxy groups -OCH3 is 1. The zero-order valence-electron chi connectivity index (χ0n) is 14.1. The fraction of sp³-hybridized carbons (Fsp3) is 0.750. The Hall–Kier alpha value is -2.32. The lowest BCUT2D eigenvalue weighted by Crippen LogP contribution is -2.53. The molecule has 3 fully saturated rings. The number of carbonyl (C=O) groups excluding carboxylic acids is 3. The Balaban J connectivity index is 1.67. The lowest BCUT2D eigenvalue weighted by Gasteiger charge is -2.28. The first-order valence-corrected chi connectivity index (χ1v) is 8.57. The maximum Gasteiger partial charge on any atom is 0.407 e. The Morgan fingerprint density at radius 2 is 2.20 bits per heavy atom. The predicted octanol–water partition coefficient (Wildman–Crippen LogP) is -0.441. The van der Waals surface area contributed by atoms with Crippen molar-refractivity contribution in [3.8, 4) is 0 Å². The van der Waals surface area contributed by atoms with Crippen LogP contribution in [-0.4, -0.2) is 66.2 Å². The van der Waals surface area contributed by atoms with E-state index in [2.05, 4.69) is 10.6 Å². The van der Waals surface area contributed by atoms with Gasteiger partial charge in [-0.15, -0.1) is 0 Å². The monoisotopic (exact) mass is 353 g/mol. The third-order valence-corrected chi connectivity index (χ3v) is 5.39. The van der Waals surface area contributed by atoms with Gasteiger partial charge in [-0.1, -0.05) is 0 Å². The van der Waals surface area contributed by atoms with E-state index in [1.807, 2.05) is 0 Å². The summed E-state index contributed by atoms with van der Waals surface area (Å²) in [5.74, 6) is -1.37. The van der Waals surface area contributed by atoms with Gasteiger partial charge in [-0.05, 0) is 37.5 Å². The SMILES string of the molecule is COC(=O)[C@H](C[C@@H]1CCCNC1=O)NC(=O)[C@@H]1[C@H]2C[C@H]2CN1C(=O)O. The molecule has 3 amide bonds. The van der Waals surface area contributed by atoms with E-state index in [1.165, 1.54) is 7.11 Å². The quantitative estimate of drug-likeness (QED) is 0.576. The minimum Gasteiger partial charge on any atom is -0.467 e. The molecule has 2 heterocycles. The van der Waals surface area contributed by atoms with Crippen LogP contribution in [0.5, 0.6) is 0 Å². The number of ether oxygens (including phenoxy) is 1. The molecule has 9 heteroatoms. The minimum absolute atomic E-state index is 0.0207. The van der Waals surface area contributed by atoms with Gasteiger partial charge < -0.3 is 20.5 Å². The minimum atomic E-state index is -1.13. The van der Waals surface area contributed by atoms with Crippen molar-refractivity contribution in [2.24, 2.45) is 17.8 Å². The summed E-state index contributed by atoms with van der Waals surface area (Å²) in [5, 5.41) is 14.6. The molecule has 0 aromatic rings. The van der Waals surface area contributed by atoms with Gasteiger partial charge in [0, 0.05) is 19.0 Å². The van der Waals surface area contributed by atoms with Crippen LogP contribution in [0, 0.1) is 17.8 Å². The number of hydrogen-bond acceptors (Lipinski definition) is 5. The molecule has 3 aliphatic rings. The maximum atomic E-state index is 12.6. The molecule has 5 atom stereocenters. The summed E-state index contributed by atoms with van der Waals surface area (Å²) >= 11 is 0. The number of carboxylic acid groups (broad SMARTS) is 1. The smallest absolute Gasteiger partial charge is 0.407 e. The highest BCUT2D eigenvalue weighted by Gasteiger charge is 2.57.